The van der Waals surface area contributed by atoms with Gasteiger partial charge in [0.25, 0.3) is 4.52 Å². The number of rotatable bonds is 4. The largest absolute Gasteiger partial charge is 0.459 e. The van der Waals surface area contributed by atoms with Crippen LogP contribution in [0.2, 0.25) is 0 Å². The lowest BCUT2D eigenvalue weighted by Gasteiger charge is -2.35. The molecule has 0 radical (unpaired) electrons. The molecule has 1 nitrogen and oxygen atoms in total. The van der Waals surface area contributed by atoms with E-state index in [4.69, 9.17) is 0 Å². The maximum atomic E-state index is 13.0. The summed E-state index contributed by atoms with van der Waals surface area (Å²) < 4.78 is 81.0. The number of hydrogen-bond acceptors (Lipinski definition) is 1. The van der Waals surface area contributed by atoms with Gasteiger partial charge in [-0.15, -0.1) is 0 Å². The van der Waals surface area contributed by atoms with Crippen molar-refractivity contribution >= 4 is 58.0 Å². The van der Waals surface area contributed by atoms with Gasteiger partial charge in [0, 0.05) is 0 Å². The van der Waals surface area contributed by atoms with Gasteiger partial charge in [0.1, 0.15) is 0 Å². The van der Waals surface area contributed by atoms with Crippen LogP contribution in [-0.2, 0) is 4.74 Å². The van der Waals surface area contributed by atoms with E-state index in [9.17, 15) is 30.7 Å². The fourth-order valence-corrected chi connectivity index (χ4v) is 1.15. The topological polar surface area (TPSA) is 9.23 Å². The van der Waals surface area contributed by atoms with E-state index in [-0.39, 0.29) is 0 Å². The highest BCUT2D eigenvalue weighted by Gasteiger charge is 2.74. The van der Waals surface area contributed by atoms with E-state index >= 15 is 0 Å². The summed E-state index contributed by atoms with van der Waals surface area (Å²) in [7, 11) is 0. The number of ether oxygens (including phenoxy) is 1. The minimum atomic E-state index is -6.33. The monoisotopic (exact) mass is 384 g/mol. The molecule has 0 saturated carbocycles. The van der Waals surface area contributed by atoms with E-state index in [1.165, 1.54) is 0 Å². The molecule has 0 rings (SSSR count). The van der Waals surface area contributed by atoms with Crippen LogP contribution in [0, 0.1) is 0 Å². The normalized spacial score (nSPS) is 18.7. The van der Waals surface area contributed by atoms with Gasteiger partial charge in [-0.05, 0) is 11.6 Å². The fraction of sp³-hybridized carbons (Fsp3) is 1.00. The summed E-state index contributed by atoms with van der Waals surface area (Å²) in [4.78, 5) is 0. The standard InChI is InChI=1S/C5Cl5F7O/c6-2(7,13)4(10,14)18-3(8,9)1(11,12)5(15,16)17. The van der Waals surface area contributed by atoms with Crippen LogP contribution in [0.3, 0.4) is 0 Å². The smallest absolute Gasteiger partial charge is 0.287 e. The van der Waals surface area contributed by atoms with E-state index in [0.717, 1.165) is 0 Å². The van der Waals surface area contributed by atoms with E-state index in [0.29, 0.717) is 0 Å². The van der Waals surface area contributed by atoms with E-state index in [1.807, 2.05) is 0 Å². The van der Waals surface area contributed by atoms with Crippen molar-refractivity contribution in [3.63, 3.8) is 0 Å². The minimum absolute atomic E-state index is 3.10. The van der Waals surface area contributed by atoms with Gasteiger partial charge in [0.15, 0.2) is 0 Å². The molecule has 110 valence electrons. The third-order valence-corrected chi connectivity index (χ3v) is 2.95. The Bertz CT molecular complexity index is 308. The Hall–Kier alpha value is 0.920. The molecule has 18 heavy (non-hydrogen) atoms. The summed E-state index contributed by atoms with van der Waals surface area (Å²) in [6.07, 6.45) is -6.33. The first-order valence-corrected chi connectivity index (χ1v) is 5.32. The van der Waals surface area contributed by atoms with Gasteiger partial charge in [-0.2, -0.15) is 30.7 Å². The Kier molecular flexibility index (Phi) is 5.29. The molecule has 13 heteroatoms. The molecule has 0 aliphatic heterocycles. The third-order valence-electron chi connectivity index (χ3n) is 1.31. The van der Waals surface area contributed by atoms with Gasteiger partial charge < -0.3 is 0 Å². The van der Waals surface area contributed by atoms with E-state index in [1.54, 1.807) is 0 Å². The fourth-order valence-electron chi connectivity index (χ4n) is 0.448. The first-order valence-electron chi connectivity index (χ1n) is 3.43. The molecule has 0 amide bonds. The van der Waals surface area contributed by atoms with Crippen molar-refractivity contribution < 1.29 is 35.5 Å². The summed E-state index contributed by atoms with van der Waals surface area (Å²) in [5.41, 5.74) is 0. The van der Waals surface area contributed by atoms with Crippen molar-refractivity contribution in [3.05, 3.63) is 0 Å². The summed E-state index contributed by atoms with van der Waals surface area (Å²) in [6, 6.07) is 0. The van der Waals surface area contributed by atoms with Crippen LogP contribution in [0.15, 0.2) is 0 Å². The second-order valence-corrected chi connectivity index (χ2v) is 5.68. The Morgan fingerprint density at radius 3 is 1.22 bits per heavy atom. The highest BCUT2D eigenvalue weighted by atomic mass is 35.5. The number of halogens is 12. The lowest BCUT2D eigenvalue weighted by molar-refractivity contribution is -0.330. The molecule has 0 bridgehead atoms. The molecule has 0 spiro atoms. The zero-order valence-electron chi connectivity index (χ0n) is 7.44. The lowest BCUT2D eigenvalue weighted by Crippen LogP contribution is -2.56. The van der Waals surface area contributed by atoms with Gasteiger partial charge in [-0.3, -0.25) is 4.74 Å². The molecular weight excluding hydrogens is 386 g/mol. The van der Waals surface area contributed by atoms with Gasteiger partial charge in [-0.25, -0.2) is 0 Å². The molecule has 0 saturated heterocycles. The second-order valence-electron chi connectivity index (χ2n) is 2.71. The second kappa shape index (κ2) is 5.04. The molecule has 0 heterocycles. The Morgan fingerprint density at radius 2 is 1.00 bits per heavy atom. The number of alkyl halides is 12. The maximum Gasteiger partial charge on any atom is 0.459 e. The average molecular weight is 386 g/mol. The molecule has 0 N–H and O–H groups in total. The van der Waals surface area contributed by atoms with Crippen molar-refractivity contribution in [1.29, 1.82) is 0 Å². The highest BCUT2D eigenvalue weighted by Crippen LogP contribution is 2.55. The Balaban J connectivity index is 5.33. The van der Waals surface area contributed by atoms with Gasteiger partial charge in [-0.1, -0.05) is 46.4 Å². The average Bonchev–Trinajstić information content (AvgIpc) is 1.96. The maximum absolute atomic E-state index is 13.0. The van der Waals surface area contributed by atoms with Gasteiger partial charge in [0.05, 0.1) is 0 Å². The number of hydrogen-bond donors (Lipinski definition) is 0. The molecule has 0 aliphatic rings. The summed E-state index contributed by atoms with van der Waals surface area (Å²) in [6.45, 7) is 0. The van der Waals surface area contributed by atoms with Crippen LogP contribution in [0.4, 0.5) is 30.7 Å². The van der Waals surface area contributed by atoms with Crippen molar-refractivity contribution in [2.75, 3.05) is 0 Å². The summed E-state index contributed by atoms with van der Waals surface area (Å²) in [5, 5.41) is -4.56. The lowest BCUT2D eigenvalue weighted by atomic mass is 10.3. The Labute approximate surface area is 120 Å². The molecular formula is C5Cl5F7O. The summed E-state index contributed by atoms with van der Waals surface area (Å²) >= 11 is 22.2. The zero-order valence-corrected chi connectivity index (χ0v) is 11.2. The highest BCUT2D eigenvalue weighted by molar-refractivity contribution is 6.52. The molecule has 1 atom stereocenters. The molecule has 0 aromatic carbocycles. The van der Waals surface area contributed by atoms with Crippen LogP contribution in [0.5, 0.6) is 0 Å². The van der Waals surface area contributed by atoms with Crippen molar-refractivity contribution in [1.82, 2.24) is 0 Å². The van der Waals surface area contributed by atoms with Crippen LogP contribution in [-0.4, -0.2) is 26.5 Å². The predicted octanol–water partition coefficient (Wildman–Crippen LogP) is 5.29. The molecule has 0 aliphatic carbocycles. The van der Waals surface area contributed by atoms with Crippen molar-refractivity contribution in [2.45, 2.75) is 26.5 Å². The van der Waals surface area contributed by atoms with Crippen LogP contribution in [0.25, 0.3) is 0 Å². The van der Waals surface area contributed by atoms with Crippen molar-refractivity contribution in [3.8, 4) is 0 Å². The molecule has 0 aromatic heterocycles. The van der Waals surface area contributed by atoms with E-state index < -0.39 is 26.5 Å². The quantitative estimate of drug-likeness (QED) is 0.471. The third kappa shape index (κ3) is 3.73. The zero-order chi connectivity index (χ0) is 15.2. The van der Waals surface area contributed by atoms with Crippen LogP contribution in [0.1, 0.15) is 0 Å². The first-order chi connectivity index (χ1) is 7.46. The predicted molar refractivity (Wildman–Crippen MR) is 51.8 cm³/mol. The van der Waals surface area contributed by atoms with Gasteiger partial charge >= 0.3 is 22.0 Å². The minimum Gasteiger partial charge on any atom is -0.287 e. The summed E-state index contributed by atoms with van der Waals surface area (Å²) in [5.74, 6) is -5.99. The SMILES string of the molecule is FC(F)(F)C(F)(F)C(Cl)(Cl)OC(F)(Cl)C(F)(Cl)Cl. The molecule has 0 fully saturated rings. The van der Waals surface area contributed by atoms with Crippen molar-refractivity contribution in [2.24, 2.45) is 0 Å². The Morgan fingerprint density at radius 1 is 0.667 bits per heavy atom. The molecule has 0 aromatic rings. The first kappa shape index (κ1) is 18.9. The van der Waals surface area contributed by atoms with Crippen LogP contribution < -0.4 is 0 Å². The van der Waals surface area contributed by atoms with E-state index in [2.05, 4.69) is 62.7 Å². The van der Waals surface area contributed by atoms with Crippen LogP contribution >= 0.6 is 58.0 Å². The van der Waals surface area contributed by atoms with Gasteiger partial charge in [0.2, 0.25) is 0 Å². The molecule has 1 unspecified atom stereocenters.